The smallest absolute Gasteiger partial charge is 0.242 e. The van der Waals surface area contributed by atoms with Gasteiger partial charge in [-0.1, -0.05) is 6.92 Å². The Morgan fingerprint density at radius 2 is 2.15 bits per heavy atom. The summed E-state index contributed by atoms with van der Waals surface area (Å²) in [5.41, 5.74) is 0. The highest BCUT2D eigenvalue weighted by molar-refractivity contribution is 7.71. The molecule has 112 valence electrons. The second-order valence-corrected chi connectivity index (χ2v) is 4.85. The predicted octanol–water partition coefficient (Wildman–Crippen LogP) is 0.534. The van der Waals surface area contributed by atoms with Gasteiger partial charge in [-0.05, 0) is 32.5 Å². The van der Waals surface area contributed by atoms with Crippen LogP contribution >= 0.6 is 12.2 Å². The number of carbonyl (C=O) groups excluding carboxylic acids is 2. The van der Waals surface area contributed by atoms with E-state index < -0.39 is 6.04 Å². The highest BCUT2D eigenvalue weighted by atomic mass is 32.1. The molecule has 0 aromatic carbocycles. The summed E-state index contributed by atoms with van der Waals surface area (Å²) in [6.07, 6.45) is 1.66. The van der Waals surface area contributed by atoms with Gasteiger partial charge >= 0.3 is 0 Å². The minimum atomic E-state index is -0.571. The first-order chi connectivity index (χ1) is 9.49. The number of aryl methyl sites for hydroxylation is 1. The SMILES string of the molecule is CCCc1n[nH]c(=S)n1CC(=O)NC(C)C(=O)NCC. The highest BCUT2D eigenvalue weighted by Gasteiger charge is 2.16. The van der Waals surface area contributed by atoms with Gasteiger partial charge in [0.25, 0.3) is 0 Å². The molecule has 0 aliphatic rings. The van der Waals surface area contributed by atoms with Crippen molar-refractivity contribution in [3.05, 3.63) is 10.6 Å². The zero-order valence-corrected chi connectivity index (χ0v) is 12.8. The number of carbonyl (C=O) groups is 2. The van der Waals surface area contributed by atoms with Gasteiger partial charge in [0.15, 0.2) is 4.77 Å². The van der Waals surface area contributed by atoms with Gasteiger partial charge < -0.3 is 10.6 Å². The standard InChI is InChI=1S/C12H21N5O2S/c1-4-6-9-15-16-12(20)17(9)7-10(18)14-8(3)11(19)13-5-2/h8H,4-7H2,1-3H3,(H,13,19)(H,14,18)(H,16,20). The van der Waals surface area contributed by atoms with E-state index in [1.165, 1.54) is 0 Å². The maximum absolute atomic E-state index is 11.9. The van der Waals surface area contributed by atoms with Crippen molar-refractivity contribution in [1.82, 2.24) is 25.4 Å². The minimum absolute atomic E-state index is 0.0639. The van der Waals surface area contributed by atoms with Crippen molar-refractivity contribution in [3.63, 3.8) is 0 Å². The zero-order valence-electron chi connectivity index (χ0n) is 12.0. The normalized spacial score (nSPS) is 11.9. The zero-order chi connectivity index (χ0) is 15.1. The molecular weight excluding hydrogens is 278 g/mol. The number of amides is 2. The van der Waals surface area contributed by atoms with Crippen molar-refractivity contribution >= 4 is 24.0 Å². The van der Waals surface area contributed by atoms with Gasteiger partial charge in [-0.15, -0.1) is 0 Å². The lowest BCUT2D eigenvalue weighted by molar-refractivity contribution is -0.128. The van der Waals surface area contributed by atoms with E-state index >= 15 is 0 Å². The molecule has 0 fully saturated rings. The molecule has 0 radical (unpaired) electrons. The van der Waals surface area contributed by atoms with Crippen LogP contribution in [0.15, 0.2) is 0 Å². The van der Waals surface area contributed by atoms with Crippen LogP contribution in [0.3, 0.4) is 0 Å². The Bertz CT molecular complexity index is 522. The van der Waals surface area contributed by atoms with Crippen molar-refractivity contribution in [2.24, 2.45) is 0 Å². The van der Waals surface area contributed by atoms with E-state index in [-0.39, 0.29) is 18.4 Å². The molecule has 0 aliphatic heterocycles. The lowest BCUT2D eigenvalue weighted by Crippen LogP contribution is -2.45. The van der Waals surface area contributed by atoms with Crippen molar-refractivity contribution in [3.8, 4) is 0 Å². The lowest BCUT2D eigenvalue weighted by atomic mass is 10.3. The molecule has 1 aromatic rings. The van der Waals surface area contributed by atoms with Gasteiger partial charge in [-0.25, -0.2) is 0 Å². The summed E-state index contributed by atoms with van der Waals surface area (Å²) < 4.78 is 2.06. The third kappa shape index (κ3) is 4.44. The molecule has 20 heavy (non-hydrogen) atoms. The number of hydrogen-bond donors (Lipinski definition) is 3. The number of aromatic amines is 1. The molecule has 3 N–H and O–H groups in total. The van der Waals surface area contributed by atoms with Crippen LogP contribution in [0.5, 0.6) is 0 Å². The number of H-pyrrole nitrogens is 1. The molecule has 7 nitrogen and oxygen atoms in total. The third-order valence-electron chi connectivity index (χ3n) is 2.73. The minimum Gasteiger partial charge on any atom is -0.355 e. The first-order valence-corrected chi connectivity index (χ1v) is 7.11. The van der Waals surface area contributed by atoms with Crippen molar-refractivity contribution in [2.75, 3.05) is 6.54 Å². The van der Waals surface area contributed by atoms with Crippen LogP contribution in [0.2, 0.25) is 0 Å². The van der Waals surface area contributed by atoms with Crippen molar-refractivity contribution in [2.45, 2.75) is 46.2 Å². The summed E-state index contributed by atoms with van der Waals surface area (Å²) >= 11 is 5.10. The first-order valence-electron chi connectivity index (χ1n) is 6.70. The average Bonchev–Trinajstić information content (AvgIpc) is 2.72. The molecule has 1 aromatic heterocycles. The molecular formula is C12H21N5O2S. The first kappa shape index (κ1) is 16.4. The Morgan fingerprint density at radius 1 is 1.45 bits per heavy atom. The number of nitrogens with one attached hydrogen (secondary N) is 3. The van der Waals surface area contributed by atoms with E-state index in [1.807, 2.05) is 13.8 Å². The van der Waals surface area contributed by atoms with Crippen LogP contribution in [0.25, 0.3) is 0 Å². The number of aromatic nitrogens is 3. The van der Waals surface area contributed by atoms with Crippen LogP contribution in [-0.2, 0) is 22.6 Å². The van der Waals surface area contributed by atoms with E-state index in [2.05, 4.69) is 20.8 Å². The van der Waals surface area contributed by atoms with E-state index in [0.29, 0.717) is 11.3 Å². The summed E-state index contributed by atoms with van der Waals surface area (Å²) in [5, 5.41) is 12.1. The molecule has 0 saturated carbocycles. The molecule has 2 amide bonds. The Kier molecular flexibility index (Phi) is 6.37. The molecule has 1 atom stereocenters. The lowest BCUT2D eigenvalue weighted by Gasteiger charge is -2.14. The van der Waals surface area contributed by atoms with Gasteiger partial charge in [0, 0.05) is 13.0 Å². The van der Waals surface area contributed by atoms with Gasteiger partial charge in [0.05, 0.1) is 0 Å². The molecule has 0 spiro atoms. The summed E-state index contributed by atoms with van der Waals surface area (Å²) in [7, 11) is 0. The van der Waals surface area contributed by atoms with Crippen LogP contribution < -0.4 is 10.6 Å². The van der Waals surface area contributed by atoms with Crippen LogP contribution in [-0.4, -0.2) is 39.2 Å². The number of nitrogens with zero attached hydrogens (tertiary/aromatic N) is 2. The second kappa shape index (κ2) is 7.78. The van der Waals surface area contributed by atoms with Crippen LogP contribution in [0, 0.1) is 4.77 Å². The third-order valence-corrected chi connectivity index (χ3v) is 3.05. The van der Waals surface area contributed by atoms with E-state index in [4.69, 9.17) is 12.2 Å². The number of likely N-dealkylation sites (N-methyl/N-ethyl adjacent to an activating group) is 1. The van der Waals surface area contributed by atoms with Crippen molar-refractivity contribution in [1.29, 1.82) is 0 Å². The van der Waals surface area contributed by atoms with Gasteiger partial charge in [-0.2, -0.15) is 5.10 Å². The summed E-state index contributed by atoms with van der Waals surface area (Å²) in [4.78, 5) is 23.5. The fourth-order valence-electron chi connectivity index (χ4n) is 1.75. The van der Waals surface area contributed by atoms with E-state index in [0.717, 1.165) is 18.7 Å². The fourth-order valence-corrected chi connectivity index (χ4v) is 1.97. The molecule has 0 aliphatic carbocycles. The topological polar surface area (TPSA) is 91.8 Å². The number of rotatable bonds is 7. The van der Waals surface area contributed by atoms with Crippen LogP contribution in [0.1, 0.15) is 33.0 Å². The monoisotopic (exact) mass is 299 g/mol. The fraction of sp³-hybridized carbons (Fsp3) is 0.667. The van der Waals surface area contributed by atoms with Gasteiger partial charge in [0.2, 0.25) is 11.8 Å². The summed E-state index contributed by atoms with van der Waals surface area (Å²) in [6, 6.07) is -0.571. The number of hydrogen-bond acceptors (Lipinski definition) is 4. The second-order valence-electron chi connectivity index (χ2n) is 4.46. The van der Waals surface area contributed by atoms with Crippen LogP contribution in [0.4, 0.5) is 0 Å². The average molecular weight is 299 g/mol. The molecule has 1 heterocycles. The van der Waals surface area contributed by atoms with E-state index in [9.17, 15) is 9.59 Å². The molecule has 0 saturated heterocycles. The quantitative estimate of drug-likeness (QED) is 0.641. The molecule has 0 bridgehead atoms. The summed E-state index contributed by atoms with van der Waals surface area (Å²) in [6.45, 7) is 6.10. The van der Waals surface area contributed by atoms with Crippen molar-refractivity contribution < 1.29 is 9.59 Å². The maximum Gasteiger partial charge on any atom is 0.242 e. The molecule has 8 heteroatoms. The Hall–Kier alpha value is -1.70. The van der Waals surface area contributed by atoms with Gasteiger partial charge in [-0.3, -0.25) is 19.3 Å². The Morgan fingerprint density at radius 3 is 2.75 bits per heavy atom. The Labute approximate surface area is 123 Å². The predicted molar refractivity (Wildman–Crippen MR) is 77.7 cm³/mol. The molecule has 1 unspecified atom stereocenters. The van der Waals surface area contributed by atoms with E-state index in [1.54, 1.807) is 11.5 Å². The summed E-state index contributed by atoms with van der Waals surface area (Å²) in [5.74, 6) is 0.280. The Balaban J connectivity index is 2.65. The largest absolute Gasteiger partial charge is 0.355 e. The van der Waals surface area contributed by atoms with Gasteiger partial charge in [0.1, 0.15) is 18.4 Å². The molecule has 1 rings (SSSR count). The highest BCUT2D eigenvalue weighted by Crippen LogP contribution is 2.01. The maximum atomic E-state index is 11.9.